The van der Waals surface area contributed by atoms with Crippen molar-refractivity contribution in [1.29, 1.82) is 0 Å². The zero-order valence-corrected chi connectivity index (χ0v) is 13.8. The van der Waals surface area contributed by atoms with E-state index in [-0.39, 0.29) is 0 Å². The van der Waals surface area contributed by atoms with Gasteiger partial charge < -0.3 is 15.1 Å². The first-order valence-corrected chi connectivity index (χ1v) is 8.34. The van der Waals surface area contributed by atoms with Crippen molar-refractivity contribution < 1.29 is 0 Å². The zero-order chi connectivity index (χ0) is 16.4. The van der Waals surface area contributed by atoms with Crippen LogP contribution in [0, 0.1) is 0 Å². The van der Waals surface area contributed by atoms with Crippen LogP contribution < -0.4 is 10.2 Å². The molecule has 7 nitrogen and oxygen atoms in total. The third-order valence-electron chi connectivity index (χ3n) is 4.38. The Morgan fingerprint density at radius 1 is 1.00 bits per heavy atom. The van der Waals surface area contributed by atoms with Gasteiger partial charge in [0.25, 0.3) is 0 Å². The lowest BCUT2D eigenvalue weighted by atomic mass is 10.3. The van der Waals surface area contributed by atoms with Crippen molar-refractivity contribution in [2.45, 2.75) is 6.92 Å². The third kappa shape index (κ3) is 2.90. The Morgan fingerprint density at radius 3 is 2.54 bits per heavy atom. The van der Waals surface area contributed by atoms with Crippen LogP contribution in [0.25, 0.3) is 5.65 Å². The van der Waals surface area contributed by atoms with E-state index in [2.05, 4.69) is 32.1 Å². The molecule has 2 aromatic heterocycles. The summed E-state index contributed by atoms with van der Waals surface area (Å²) in [6.07, 6.45) is 1.75. The lowest BCUT2D eigenvalue weighted by Gasteiger charge is -2.34. The molecule has 0 amide bonds. The molecule has 0 radical (unpaired) electrons. The Morgan fingerprint density at radius 2 is 1.79 bits per heavy atom. The van der Waals surface area contributed by atoms with E-state index >= 15 is 0 Å². The minimum atomic E-state index is 0.684. The molecule has 3 heterocycles. The van der Waals surface area contributed by atoms with Crippen LogP contribution in [0.4, 0.5) is 17.6 Å². The molecular formula is C17H21N7. The highest BCUT2D eigenvalue weighted by molar-refractivity contribution is 5.58. The normalized spacial score (nSPS) is 15.8. The Kier molecular flexibility index (Phi) is 4.00. The molecule has 0 unspecified atom stereocenters. The number of benzene rings is 1. The summed E-state index contributed by atoms with van der Waals surface area (Å²) in [5, 5.41) is 7.67. The molecule has 1 fully saturated rings. The fourth-order valence-electron chi connectivity index (χ4n) is 2.95. The van der Waals surface area contributed by atoms with Crippen LogP contribution >= 0.6 is 0 Å². The molecule has 1 N–H and O–H groups in total. The van der Waals surface area contributed by atoms with Gasteiger partial charge in [0.1, 0.15) is 0 Å². The van der Waals surface area contributed by atoms with Gasteiger partial charge in [-0.05, 0) is 18.7 Å². The minimum absolute atomic E-state index is 0.684. The van der Waals surface area contributed by atoms with Crippen molar-refractivity contribution in [3.05, 3.63) is 42.6 Å². The highest BCUT2D eigenvalue weighted by Crippen LogP contribution is 2.19. The minimum Gasteiger partial charge on any atom is -0.338 e. The summed E-state index contributed by atoms with van der Waals surface area (Å²) in [5.74, 6) is 1.45. The number of likely N-dealkylation sites (N-methyl/N-ethyl adjacent to an activating group) is 1. The van der Waals surface area contributed by atoms with E-state index < -0.39 is 0 Å². The fraction of sp³-hybridized carbons (Fsp3) is 0.353. The molecule has 0 spiro atoms. The summed E-state index contributed by atoms with van der Waals surface area (Å²) < 4.78 is 1.73. The molecule has 24 heavy (non-hydrogen) atoms. The predicted molar refractivity (Wildman–Crippen MR) is 94.8 cm³/mol. The Labute approximate surface area is 140 Å². The number of fused-ring (bicyclic) bond motifs is 1. The van der Waals surface area contributed by atoms with Crippen LogP contribution in [0.1, 0.15) is 6.92 Å². The maximum Gasteiger partial charge on any atom is 0.233 e. The van der Waals surface area contributed by atoms with Crippen LogP contribution in [0.5, 0.6) is 0 Å². The standard InChI is InChI=1S/C17H21N7/c1-2-22-10-12-23(13-11-22)16-20-15-8-9-18-24(15)17(21-16)19-14-6-4-3-5-7-14/h3-9H,2,10-13H2,1H3,(H,19,20,21). The van der Waals surface area contributed by atoms with E-state index in [4.69, 9.17) is 4.98 Å². The predicted octanol–water partition coefficient (Wildman–Crippen LogP) is 2.01. The van der Waals surface area contributed by atoms with E-state index in [0.717, 1.165) is 50.0 Å². The van der Waals surface area contributed by atoms with Gasteiger partial charge in [0.2, 0.25) is 11.9 Å². The molecule has 0 aliphatic carbocycles. The van der Waals surface area contributed by atoms with Crippen molar-refractivity contribution >= 4 is 23.2 Å². The van der Waals surface area contributed by atoms with E-state index in [9.17, 15) is 0 Å². The number of aromatic nitrogens is 4. The van der Waals surface area contributed by atoms with Gasteiger partial charge in [0.15, 0.2) is 5.65 Å². The smallest absolute Gasteiger partial charge is 0.233 e. The van der Waals surface area contributed by atoms with E-state index in [1.54, 1.807) is 10.7 Å². The number of para-hydroxylation sites is 1. The summed E-state index contributed by atoms with van der Waals surface area (Å²) in [7, 11) is 0. The van der Waals surface area contributed by atoms with Gasteiger partial charge in [0.05, 0.1) is 6.20 Å². The molecule has 0 saturated carbocycles. The lowest BCUT2D eigenvalue weighted by Crippen LogP contribution is -2.46. The second kappa shape index (κ2) is 6.45. The number of nitrogens with zero attached hydrogens (tertiary/aromatic N) is 6. The molecule has 1 aromatic carbocycles. The van der Waals surface area contributed by atoms with Gasteiger partial charge >= 0.3 is 0 Å². The summed E-state index contributed by atoms with van der Waals surface area (Å²) in [4.78, 5) is 14.1. The van der Waals surface area contributed by atoms with Crippen molar-refractivity contribution in [2.24, 2.45) is 0 Å². The SMILES string of the molecule is CCN1CCN(c2nc(Nc3ccccc3)n3nccc3n2)CC1. The Balaban J connectivity index is 1.65. The highest BCUT2D eigenvalue weighted by Gasteiger charge is 2.19. The van der Waals surface area contributed by atoms with E-state index in [1.807, 2.05) is 36.4 Å². The van der Waals surface area contributed by atoms with Crippen molar-refractivity contribution in [3.63, 3.8) is 0 Å². The number of hydrogen-bond acceptors (Lipinski definition) is 6. The molecular weight excluding hydrogens is 302 g/mol. The van der Waals surface area contributed by atoms with Crippen LogP contribution in [0.2, 0.25) is 0 Å². The Bertz CT molecular complexity index is 806. The van der Waals surface area contributed by atoms with Crippen molar-refractivity contribution in [1.82, 2.24) is 24.5 Å². The molecule has 1 saturated heterocycles. The van der Waals surface area contributed by atoms with Gasteiger partial charge in [-0.3, -0.25) is 0 Å². The number of hydrogen-bond donors (Lipinski definition) is 1. The van der Waals surface area contributed by atoms with Crippen LogP contribution in [0.15, 0.2) is 42.6 Å². The molecule has 0 bridgehead atoms. The number of piperazine rings is 1. The maximum atomic E-state index is 4.73. The second-order valence-corrected chi connectivity index (χ2v) is 5.86. The third-order valence-corrected chi connectivity index (χ3v) is 4.38. The molecule has 1 aliphatic heterocycles. The van der Waals surface area contributed by atoms with Crippen LogP contribution in [0.3, 0.4) is 0 Å². The molecule has 124 valence electrons. The molecule has 0 atom stereocenters. The van der Waals surface area contributed by atoms with Gasteiger partial charge in [0, 0.05) is 37.9 Å². The van der Waals surface area contributed by atoms with Gasteiger partial charge in [-0.1, -0.05) is 25.1 Å². The van der Waals surface area contributed by atoms with Crippen molar-refractivity contribution in [3.8, 4) is 0 Å². The van der Waals surface area contributed by atoms with E-state index in [1.165, 1.54) is 0 Å². The monoisotopic (exact) mass is 323 g/mol. The Hall–Kier alpha value is -2.67. The van der Waals surface area contributed by atoms with Crippen LogP contribution in [-0.2, 0) is 0 Å². The molecule has 3 aromatic rings. The number of nitrogens with one attached hydrogen (secondary N) is 1. The summed E-state index contributed by atoms with van der Waals surface area (Å²) in [6.45, 7) is 7.28. The molecule has 1 aliphatic rings. The zero-order valence-electron chi connectivity index (χ0n) is 13.8. The van der Waals surface area contributed by atoms with Gasteiger partial charge in [-0.15, -0.1) is 0 Å². The topological polar surface area (TPSA) is 61.6 Å². The maximum absolute atomic E-state index is 4.73. The quantitative estimate of drug-likeness (QED) is 0.792. The van der Waals surface area contributed by atoms with Gasteiger partial charge in [-0.25, -0.2) is 0 Å². The van der Waals surface area contributed by atoms with Crippen LogP contribution in [-0.4, -0.2) is 57.2 Å². The highest BCUT2D eigenvalue weighted by atomic mass is 15.4. The fourth-order valence-corrected chi connectivity index (χ4v) is 2.95. The largest absolute Gasteiger partial charge is 0.338 e. The summed E-state index contributed by atoms with van der Waals surface area (Å²) in [6, 6.07) is 11.9. The second-order valence-electron chi connectivity index (χ2n) is 5.86. The lowest BCUT2D eigenvalue weighted by molar-refractivity contribution is 0.270. The van der Waals surface area contributed by atoms with Gasteiger partial charge in [-0.2, -0.15) is 19.6 Å². The first-order valence-electron chi connectivity index (χ1n) is 8.34. The number of anilines is 3. The van der Waals surface area contributed by atoms with E-state index in [0.29, 0.717) is 5.95 Å². The average molecular weight is 323 g/mol. The summed E-state index contributed by atoms with van der Waals surface area (Å²) >= 11 is 0. The van der Waals surface area contributed by atoms with Crippen molar-refractivity contribution in [2.75, 3.05) is 42.9 Å². The first-order chi connectivity index (χ1) is 11.8. The molecule has 4 rings (SSSR count). The average Bonchev–Trinajstić information content (AvgIpc) is 3.11. The first kappa shape index (κ1) is 14.9. The molecule has 7 heteroatoms. The number of rotatable bonds is 4. The summed E-state index contributed by atoms with van der Waals surface area (Å²) in [5.41, 5.74) is 1.78.